The van der Waals surface area contributed by atoms with Crippen molar-refractivity contribution in [3.63, 3.8) is 0 Å². The van der Waals surface area contributed by atoms with E-state index in [1.54, 1.807) is 0 Å². The molecule has 1 fully saturated rings. The van der Waals surface area contributed by atoms with Crippen LogP contribution in [-0.2, 0) is 19.1 Å². The highest BCUT2D eigenvalue weighted by Gasteiger charge is 2.45. The number of carbonyl (C=O) groups is 3. The van der Waals surface area contributed by atoms with Crippen LogP contribution in [0.25, 0.3) is 0 Å². The number of nitrogens with one attached hydrogen (secondary N) is 1. The highest BCUT2D eigenvalue weighted by molar-refractivity contribution is 9.10. The molecule has 3 unspecified atom stereocenters. The van der Waals surface area contributed by atoms with Gasteiger partial charge in [0.15, 0.2) is 0 Å². The summed E-state index contributed by atoms with van der Waals surface area (Å²) in [5, 5.41) is 2.60. The lowest BCUT2D eigenvalue weighted by Gasteiger charge is -2.34. The van der Waals surface area contributed by atoms with Crippen molar-refractivity contribution < 1.29 is 28.6 Å². The first-order valence-corrected chi connectivity index (χ1v) is 10.5. The van der Waals surface area contributed by atoms with Crippen molar-refractivity contribution in [2.24, 2.45) is 11.3 Å². The maximum Gasteiger partial charge on any atom is 0.407 e. The van der Waals surface area contributed by atoms with Crippen molar-refractivity contribution in [2.75, 3.05) is 27.4 Å². The van der Waals surface area contributed by atoms with Crippen LogP contribution in [0.5, 0.6) is 5.75 Å². The lowest BCUT2D eigenvalue weighted by molar-refractivity contribution is -0.152. The Balaban J connectivity index is 2.17. The zero-order valence-corrected chi connectivity index (χ0v) is 19.5. The van der Waals surface area contributed by atoms with E-state index in [1.807, 2.05) is 45.0 Å². The fourth-order valence-electron chi connectivity index (χ4n) is 3.41. The van der Waals surface area contributed by atoms with Crippen LogP contribution in [0.15, 0.2) is 28.7 Å². The van der Waals surface area contributed by atoms with Crippen LogP contribution in [0.4, 0.5) is 4.79 Å². The molecule has 1 aliphatic heterocycles. The van der Waals surface area contributed by atoms with E-state index in [9.17, 15) is 14.4 Å². The van der Waals surface area contributed by atoms with Crippen molar-refractivity contribution in [1.82, 2.24) is 10.2 Å². The number of methoxy groups -OCH3 is 2. The number of halogens is 1. The number of ether oxygens (including phenoxy) is 3. The smallest absolute Gasteiger partial charge is 0.407 e. The largest absolute Gasteiger partial charge is 0.493 e. The Morgan fingerprint density at radius 2 is 1.93 bits per heavy atom. The van der Waals surface area contributed by atoms with Crippen LogP contribution in [0.1, 0.15) is 27.2 Å². The topological polar surface area (TPSA) is 94.2 Å². The van der Waals surface area contributed by atoms with Crippen molar-refractivity contribution in [3.8, 4) is 5.75 Å². The Kier molecular flexibility index (Phi) is 8.11. The molecule has 30 heavy (non-hydrogen) atoms. The summed E-state index contributed by atoms with van der Waals surface area (Å²) >= 11 is 3.40. The van der Waals surface area contributed by atoms with E-state index < -0.39 is 29.6 Å². The summed E-state index contributed by atoms with van der Waals surface area (Å²) in [6.07, 6.45) is -0.284. The molecule has 0 spiro atoms. The Bertz CT molecular complexity index is 779. The van der Waals surface area contributed by atoms with Gasteiger partial charge in [-0.2, -0.15) is 0 Å². The second-order valence-corrected chi connectivity index (χ2v) is 9.25. The lowest BCUT2D eigenvalue weighted by Crippen LogP contribution is -2.56. The van der Waals surface area contributed by atoms with Crippen LogP contribution in [0.2, 0.25) is 0 Å². The third-order valence-electron chi connectivity index (χ3n) is 4.99. The zero-order valence-electron chi connectivity index (χ0n) is 17.9. The standard InChI is InChI=1S/C21H29BrN2O6/c1-21(2,3)17(23-20(27)29-5)18(25)24-11-13(9-16(24)19(26)28-4)12-30-15-8-6-7-14(22)10-15/h6-8,10,13,16-17H,9,11-12H2,1-5H3,(H,23,27). The van der Waals surface area contributed by atoms with Crippen LogP contribution in [-0.4, -0.2) is 62.3 Å². The molecule has 1 aromatic carbocycles. The summed E-state index contributed by atoms with van der Waals surface area (Å²) in [6, 6.07) is 5.87. The first kappa shape index (κ1) is 24.0. The van der Waals surface area contributed by atoms with Gasteiger partial charge < -0.3 is 24.4 Å². The number of hydrogen-bond acceptors (Lipinski definition) is 6. The van der Waals surface area contributed by atoms with Gasteiger partial charge in [-0.1, -0.05) is 42.8 Å². The summed E-state index contributed by atoms with van der Waals surface area (Å²) < 4.78 is 16.3. The quantitative estimate of drug-likeness (QED) is 0.623. The molecule has 1 heterocycles. The van der Waals surface area contributed by atoms with Crippen LogP contribution in [0.3, 0.4) is 0 Å². The number of rotatable bonds is 6. The number of hydrogen-bond donors (Lipinski definition) is 1. The maximum absolute atomic E-state index is 13.3. The van der Waals surface area contributed by atoms with Crippen molar-refractivity contribution in [2.45, 2.75) is 39.3 Å². The van der Waals surface area contributed by atoms with Gasteiger partial charge in [-0.25, -0.2) is 9.59 Å². The molecule has 0 radical (unpaired) electrons. The van der Waals surface area contributed by atoms with Gasteiger partial charge in [0, 0.05) is 16.9 Å². The number of benzene rings is 1. The minimum absolute atomic E-state index is 0.0595. The highest BCUT2D eigenvalue weighted by Crippen LogP contribution is 2.30. The third-order valence-corrected chi connectivity index (χ3v) is 5.48. The van der Waals surface area contributed by atoms with Crippen molar-refractivity contribution >= 4 is 33.9 Å². The van der Waals surface area contributed by atoms with Gasteiger partial charge in [-0.15, -0.1) is 0 Å². The van der Waals surface area contributed by atoms with Gasteiger partial charge in [-0.3, -0.25) is 4.79 Å². The Hall–Kier alpha value is -2.29. The van der Waals surface area contributed by atoms with Gasteiger partial charge in [0.2, 0.25) is 5.91 Å². The van der Waals surface area contributed by atoms with E-state index in [1.165, 1.54) is 19.1 Å². The van der Waals surface area contributed by atoms with E-state index in [0.29, 0.717) is 25.3 Å². The molecule has 1 aliphatic rings. The average Bonchev–Trinajstić information content (AvgIpc) is 3.12. The molecule has 1 N–H and O–H groups in total. The molecule has 0 aromatic heterocycles. The average molecular weight is 485 g/mol. The summed E-state index contributed by atoms with van der Waals surface area (Å²) in [6.45, 7) is 6.17. The van der Waals surface area contributed by atoms with Gasteiger partial charge in [-0.05, 0) is 30.0 Å². The van der Waals surface area contributed by atoms with E-state index in [2.05, 4.69) is 26.0 Å². The molecular formula is C21H29BrN2O6. The zero-order chi connectivity index (χ0) is 22.5. The second kappa shape index (κ2) is 10.1. The summed E-state index contributed by atoms with van der Waals surface area (Å²) in [5.41, 5.74) is -0.586. The predicted octanol–water partition coefficient (Wildman–Crippen LogP) is 2.99. The molecule has 1 saturated heterocycles. The van der Waals surface area contributed by atoms with E-state index in [4.69, 9.17) is 9.47 Å². The monoisotopic (exact) mass is 484 g/mol. The molecule has 0 aliphatic carbocycles. The normalized spacial score (nSPS) is 19.7. The van der Waals surface area contributed by atoms with Crippen LogP contribution >= 0.6 is 15.9 Å². The number of alkyl carbamates (subject to hydrolysis) is 1. The van der Waals surface area contributed by atoms with Gasteiger partial charge in [0.25, 0.3) is 0 Å². The van der Waals surface area contributed by atoms with E-state index in [-0.39, 0.29) is 11.8 Å². The second-order valence-electron chi connectivity index (χ2n) is 8.33. The molecule has 2 rings (SSSR count). The lowest BCUT2D eigenvalue weighted by atomic mass is 9.85. The van der Waals surface area contributed by atoms with E-state index in [0.717, 1.165) is 4.47 Å². The minimum Gasteiger partial charge on any atom is -0.493 e. The van der Waals surface area contributed by atoms with Gasteiger partial charge in [0.05, 0.1) is 20.8 Å². The molecule has 0 bridgehead atoms. The Morgan fingerprint density at radius 1 is 1.23 bits per heavy atom. The molecular weight excluding hydrogens is 456 g/mol. The molecule has 3 atom stereocenters. The predicted molar refractivity (Wildman–Crippen MR) is 114 cm³/mol. The molecule has 166 valence electrons. The molecule has 8 nitrogen and oxygen atoms in total. The fourth-order valence-corrected chi connectivity index (χ4v) is 3.79. The number of nitrogens with zero attached hydrogens (tertiary/aromatic N) is 1. The first-order valence-electron chi connectivity index (χ1n) is 9.68. The van der Waals surface area contributed by atoms with Crippen molar-refractivity contribution in [3.05, 3.63) is 28.7 Å². The third kappa shape index (κ3) is 6.10. The van der Waals surface area contributed by atoms with E-state index >= 15 is 0 Å². The number of amides is 2. The number of likely N-dealkylation sites (tertiary alicyclic amines) is 1. The summed E-state index contributed by atoms with van der Waals surface area (Å²) in [4.78, 5) is 39.0. The minimum atomic E-state index is -0.859. The SMILES string of the molecule is COC(=O)NC(C(=O)N1CC(COc2cccc(Br)c2)CC1C(=O)OC)C(C)(C)C. The fraction of sp³-hybridized carbons (Fsp3) is 0.571. The highest BCUT2D eigenvalue weighted by atomic mass is 79.9. The first-order chi connectivity index (χ1) is 14.1. The maximum atomic E-state index is 13.3. The number of esters is 1. The Labute approximate surface area is 185 Å². The van der Waals surface area contributed by atoms with Gasteiger partial charge in [0.1, 0.15) is 17.8 Å². The molecule has 9 heteroatoms. The molecule has 2 amide bonds. The van der Waals surface area contributed by atoms with Crippen LogP contribution < -0.4 is 10.1 Å². The van der Waals surface area contributed by atoms with Crippen LogP contribution in [0, 0.1) is 11.3 Å². The van der Waals surface area contributed by atoms with Gasteiger partial charge >= 0.3 is 12.1 Å². The molecule has 1 aromatic rings. The molecule has 0 saturated carbocycles. The van der Waals surface area contributed by atoms with Crippen molar-refractivity contribution in [1.29, 1.82) is 0 Å². The Morgan fingerprint density at radius 3 is 2.50 bits per heavy atom. The summed E-state index contributed by atoms with van der Waals surface area (Å²) in [7, 11) is 2.53. The number of carbonyl (C=O) groups excluding carboxylic acids is 3. The summed E-state index contributed by atoms with van der Waals surface area (Å²) in [5.74, 6) is -0.202.